The minimum atomic E-state index is 0. The van der Waals surface area contributed by atoms with Crippen LogP contribution >= 0.6 is 35.3 Å². The van der Waals surface area contributed by atoms with Crippen LogP contribution in [0.5, 0.6) is 5.75 Å². The first-order valence-corrected chi connectivity index (χ1v) is 7.37. The largest absolute Gasteiger partial charge is 0.493 e. The van der Waals surface area contributed by atoms with Crippen LogP contribution in [0.1, 0.15) is 23.0 Å². The molecule has 0 saturated heterocycles. The Morgan fingerprint density at radius 3 is 3.14 bits per heavy atom. The Morgan fingerprint density at radius 2 is 2.33 bits per heavy atom. The first-order chi connectivity index (χ1) is 9.83. The minimum absolute atomic E-state index is 0. The Morgan fingerprint density at radius 1 is 1.48 bits per heavy atom. The van der Waals surface area contributed by atoms with E-state index >= 15 is 0 Å². The molecule has 1 aromatic carbocycles. The molecule has 21 heavy (non-hydrogen) atoms. The molecule has 1 aliphatic heterocycles. The number of aromatic nitrogens is 1. The van der Waals surface area contributed by atoms with Crippen molar-refractivity contribution in [2.75, 3.05) is 6.61 Å². The van der Waals surface area contributed by atoms with Crippen LogP contribution in [0, 0.1) is 0 Å². The number of guanidine groups is 1. The molecule has 0 radical (unpaired) electrons. The number of ether oxygens (including phenoxy) is 1. The summed E-state index contributed by atoms with van der Waals surface area (Å²) in [5, 5.41) is 6.16. The average molecular weight is 416 g/mol. The van der Waals surface area contributed by atoms with Crippen LogP contribution in [0.3, 0.4) is 0 Å². The van der Waals surface area contributed by atoms with Crippen molar-refractivity contribution in [2.45, 2.75) is 19.0 Å². The number of rotatable bonds is 3. The Labute approximate surface area is 144 Å². The SMILES string of the molecule is I.NC(=NCc1nccs1)NC1CCOc2ccccc21. The number of nitrogens with zero attached hydrogens (tertiary/aromatic N) is 2. The van der Waals surface area contributed by atoms with E-state index in [1.807, 2.05) is 23.6 Å². The molecule has 3 N–H and O–H groups in total. The van der Waals surface area contributed by atoms with Crippen molar-refractivity contribution in [3.63, 3.8) is 0 Å². The third-order valence-electron chi connectivity index (χ3n) is 3.15. The van der Waals surface area contributed by atoms with Crippen molar-refractivity contribution < 1.29 is 4.74 Å². The average Bonchev–Trinajstić information content (AvgIpc) is 2.99. The molecule has 5 nitrogen and oxygen atoms in total. The van der Waals surface area contributed by atoms with E-state index < -0.39 is 0 Å². The number of halogens is 1. The molecular formula is C14H17IN4OS. The fourth-order valence-electron chi connectivity index (χ4n) is 2.20. The molecule has 1 aliphatic rings. The van der Waals surface area contributed by atoms with E-state index in [1.165, 1.54) is 0 Å². The maximum atomic E-state index is 5.95. The van der Waals surface area contributed by atoms with Gasteiger partial charge in [-0.1, -0.05) is 18.2 Å². The molecule has 0 spiro atoms. The number of nitrogens with two attached hydrogens (primary N) is 1. The van der Waals surface area contributed by atoms with Gasteiger partial charge in [-0.05, 0) is 6.07 Å². The Bertz CT molecular complexity index is 603. The molecule has 1 aromatic heterocycles. The second-order valence-electron chi connectivity index (χ2n) is 4.50. The zero-order valence-corrected chi connectivity index (χ0v) is 14.5. The van der Waals surface area contributed by atoms with Gasteiger partial charge in [0.05, 0.1) is 19.2 Å². The van der Waals surface area contributed by atoms with Crippen LogP contribution in [-0.4, -0.2) is 17.6 Å². The van der Waals surface area contributed by atoms with Gasteiger partial charge < -0.3 is 15.8 Å². The van der Waals surface area contributed by atoms with Crippen molar-refractivity contribution in [1.82, 2.24) is 10.3 Å². The number of thiazole rings is 1. The summed E-state index contributed by atoms with van der Waals surface area (Å²) in [5.41, 5.74) is 7.08. The second kappa shape index (κ2) is 7.60. The van der Waals surface area contributed by atoms with Crippen LogP contribution in [0.4, 0.5) is 0 Å². The predicted molar refractivity (Wildman–Crippen MR) is 95.3 cm³/mol. The van der Waals surface area contributed by atoms with Gasteiger partial charge in [-0.25, -0.2) is 9.98 Å². The summed E-state index contributed by atoms with van der Waals surface area (Å²) in [7, 11) is 0. The smallest absolute Gasteiger partial charge is 0.189 e. The molecule has 112 valence electrons. The summed E-state index contributed by atoms with van der Waals surface area (Å²) in [5.74, 6) is 1.37. The third-order valence-corrected chi connectivity index (χ3v) is 3.91. The Kier molecular flexibility index (Phi) is 5.80. The number of hydrogen-bond donors (Lipinski definition) is 2. The molecule has 3 rings (SSSR count). The van der Waals surface area contributed by atoms with Crippen LogP contribution in [0.2, 0.25) is 0 Å². The molecule has 1 atom stereocenters. The molecule has 0 amide bonds. The number of aliphatic imine (C=N–C) groups is 1. The Hall–Kier alpha value is -1.35. The maximum absolute atomic E-state index is 5.95. The fraction of sp³-hybridized carbons (Fsp3) is 0.286. The van der Waals surface area contributed by atoms with Crippen molar-refractivity contribution in [3.8, 4) is 5.75 Å². The van der Waals surface area contributed by atoms with Crippen LogP contribution in [0.15, 0.2) is 40.8 Å². The summed E-state index contributed by atoms with van der Waals surface area (Å²) in [6.45, 7) is 1.20. The van der Waals surface area contributed by atoms with E-state index in [0.717, 1.165) is 22.7 Å². The van der Waals surface area contributed by atoms with Gasteiger partial charge in [0.2, 0.25) is 0 Å². The molecule has 0 bridgehead atoms. The lowest BCUT2D eigenvalue weighted by atomic mass is 10.0. The highest BCUT2D eigenvalue weighted by molar-refractivity contribution is 14.0. The summed E-state index contributed by atoms with van der Waals surface area (Å²) in [6, 6.07) is 8.17. The number of fused-ring (bicyclic) bond motifs is 1. The van der Waals surface area contributed by atoms with E-state index in [2.05, 4.69) is 21.4 Å². The van der Waals surface area contributed by atoms with Gasteiger partial charge in [0.25, 0.3) is 0 Å². The van der Waals surface area contributed by atoms with Crippen LogP contribution in [0.25, 0.3) is 0 Å². The lowest BCUT2D eigenvalue weighted by Crippen LogP contribution is -2.37. The molecular weight excluding hydrogens is 399 g/mol. The van der Waals surface area contributed by atoms with E-state index in [0.29, 0.717) is 19.1 Å². The zero-order valence-electron chi connectivity index (χ0n) is 11.4. The van der Waals surface area contributed by atoms with Crippen molar-refractivity contribution >= 4 is 41.3 Å². The number of nitrogens with one attached hydrogen (secondary N) is 1. The lowest BCUT2D eigenvalue weighted by molar-refractivity contribution is 0.262. The summed E-state index contributed by atoms with van der Waals surface area (Å²) >= 11 is 1.58. The van der Waals surface area contributed by atoms with Gasteiger partial charge in [-0.2, -0.15) is 0 Å². The molecule has 2 aromatic rings. The molecule has 7 heteroatoms. The topological polar surface area (TPSA) is 72.5 Å². The number of para-hydroxylation sites is 1. The van der Waals surface area contributed by atoms with E-state index in [-0.39, 0.29) is 30.0 Å². The summed E-state index contributed by atoms with van der Waals surface area (Å²) < 4.78 is 5.63. The van der Waals surface area contributed by atoms with Gasteiger partial charge in [-0.3, -0.25) is 0 Å². The number of hydrogen-bond acceptors (Lipinski definition) is 4. The monoisotopic (exact) mass is 416 g/mol. The second-order valence-corrected chi connectivity index (χ2v) is 5.48. The van der Waals surface area contributed by atoms with Gasteiger partial charge in [0.15, 0.2) is 5.96 Å². The highest BCUT2D eigenvalue weighted by Gasteiger charge is 2.21. The fourth-order valence-corrected chi connectivity index (χ4v) is 2.74. The molecule has 2 heterocycles. The highest BCUT2D eigenvalue weighted by atomic mass is 127. The van der Waals surface area contributed by atoms with Gasteiger partial charge in [0.1, 0.15) is 10.8 Å². The van der Waals surface area contributed by atoms with Crippen LogP contribution in [-0.2, 0) is 6.54 Å². The third kappa shape index (κ3) is 4.07. The van der Waals surface area contributed by atoms with Gasteiger partial charge >= 0.3 is 0 Å². The summed E-state index contributed by atoms with van der Waals surface area (Å²) in [6.07, 6.45) is 2.65. The van der Waals surface area contributed by atoms with Crippen molar-refractivity contribution in [1.29, 1.82) is 0 Å². The molecule has 0 saturated carbocycles. The number of benzene rings is 1. The molecule has 1 unspecified atom stereocenters. The predicted octanol–water partition coefficient (Wildman–Crippen LogP) is 2.69. The molecule has 0 aliphatic carbocycles. The Balaban J connectivity index is 0.00000161. The maximum Gasteiger partial charge on any atom is 0.189 e. The lowest BCUT2D eigenvalue weighted by Gasteiger charge is -2.26. The first kappa shape index (κ1) is 16.0. The van der Waals surface area contributed by atoms with E-state index in [9.17, 15) is 0 Å². The van der Waals surface area contributed by atoms with Crippen molar-refractivity contribution in [2.24, 2.45) is 10.7 Å². The van der Waals surface area contributed by atoms with Gasteiger partial charge in [-0.15, -0.1) is 35.3 Å². The minimum Gasteiger partial charge on any atom is -0.493 e. The molecule has 0 fully saturated rings. The van der Waals surface area contributed by atoms with E-state index in [1.54, 1.807) is 17.5 Å². The van der Waals surface area contributed by atoms with E-state index in [4.69, 9.17) is 10.5 Å². The van der Waals surface area contributed by atoms with Crippen LogP contribution < -0.4 is 15.8 Å². The van der Waals surface area contributed by atoms with Gasteiger partial charge in [0, 0.05) is 23.6 Å². The highest BCUT2D eigenvalue weighted by Crippen LogP contribution is 2.31. The zero-order chi connectivity index (χ0) is 13.8. The van der Waals surface area contributed by atoms with Crippen molar-refractivity contribution in [3.05, 3.63) is 46.4 Å². The normalized spacial score (nSPS) is 17.3. The quantitative estimate of drug-likeness (QED) is 0.459. The first-order valence-electron chi connectivity index (χ1n) is 6.49. The summed E-state index contributed by atoms with van der Waals surface area (Å²) in [4.78, 5) is 8.50. The standard InChI is InChI=1S/C14H16N4OS.HI/c15-14(17-9-13-16-6-8-20-13)18-11-5-7-19-12-4-2-1-3-10(11)12;/h1-4,6,8,11H,5,7,9H2,(H3,15,17,18);1H.